The topological polar surface area (TPSA) is 75.7 Å². The van der Waals surface area contributed by atoms with Crippen LogP contribution in [0.15, 0.2) is 18.2 Å². The van der Waals surface area contributed by atoms with E-state index in [0.717, 1.165) is 12.8 Å². The molecule has 8 heteroatoms. The average Bonchev–Trinajstić information content (AvgIpc) is 2.56. The molecule has 25 heavy (non-hydrogen) atoms. The Balaban J connectivity index is 2.14. The fourth-order valence-corrected chi connectivity index (χ4v) is 3.01. The SMILES string of the molecule is CCCCOC(=O)C[C@@H]1C(=O)NCCN1C(=O)c1ccc(Cl)cc1Cl. The lowest BCUT2D eigenvalue weighted by atomic mass is 10.1. The number of hydrogen-bond acceptors (Lipinski definition) is 4. The van der Waals surface area contributed by atoms with Gasteiger partial charge >= 0.3 is 5.97 Å². The van der Waals surface area contributed by atoms with Crippen LogP contribution in [0.25, 0.3) is 0 Å². The summed E-state index contributed by atoms with van der Waals surface area (Å²) < 4.78 is 5.11. The van der Waals surface area contributed by atoms with Crippen LogP contribution in [0.4, 0.5) is 0 Å². The Morgan fingerprint density at radius 1 is 1.36 bits per heavy atom. The standard InChI is InChI=1S/C17H20Cl2N2O4/c1-2-3-8-25-15(22)10-14-16(23)20-6-7-21(14)17(24)12-5-4-11(18)9-13(12)19/h4-5,9,14H,2-3,6-8,10H2,1H3,(H,20,23)/t14-/m1/s1. The van der Waals surface area contributed by atoms with Crippen molar-refractivity contribution in [3.8, 4) is 0 Å². The number of amides is 2. The van der Waals surface area contributed by atoms with Gasteiger partial charge in [-0.05, 0) is 24.6 Å². The number of unbranched alkanes of at least 4 members (excludes halogenated alkanes) is 1. The molecule has 0 saturated carbocycles. The first kappa shape index (κ1) is 19.5. The van der Waals surface area contributed by atoms with Crippen LogP contribution in [0, 0.1) is 0 Å². The zero-order valence-electron chi connectivity index (χ0n) is 13.9. The Morgan fingerprint density at radius 3 is 2.80 bits per heavy atom. The maximum absolute atomic E-state index is 12.8. The number of benzene rings is 1. The fraction of sp³-hybridized carbons (Fsp3) is 0.471. The van der Waals surface area contributed by atoms with E-state index in [-0.39, 0.29) is 29.5 Å². The van der Waals surface area contributed by atoms with Crippen molar-refractivity contribution in [2.45, 2.75) is 32.2 Å². The van der Waals surface area contributed by atoms with Gasteiger partial charge in [-0.2, -0.15) is 0 Å². The Kier molecular flexibility index (Phi) is 7.08. The molecule has 1 aliphatic rings. The molecular weight excluding hydrogens is 367 g/mol. The van der Waals surface area contributed by atoms with Gasteiger partial charge in [0, 0.05) is 18.1 Å². The third kappa shape index (κ3) is 5.09. The molecule has 2 amide bonds. The third-order valence-corrected chi connectivity index (χ3v) is 4.42. The lowest BCUT2D eigenvalue weighted by Crippen LogP contribution is -2.57. The molecule has 1 aromatic rings. The first-order valence-corrected chi connectivity index (χ1v) is 8.89. The number of ether oxygens (including phenoxy) is 1. The molecule has 0 bridgehead atoms. The van der Waals surface area contributed by atoms with E-state index in [4.69, 9.17) is 27.9 Å². The van der Waals surface area contributed by atoms with Crippen LogP contribution in [0.1, 0.15) is 36.5 Å². The van der Waals surface area contributed by atoms with E-state index in [9.17, 15) is 14.4 Å². The van der Waals surface area contributed by atoms with Crippen LogP contribution in [-0.2, 0) is 14.3 Å². The van der Waals surface area contributed by atoms with Gasteiger partial charge < -0.3 is 15.0 Å². The van der Waals surface area contributed by atoms with E-state index in [2.05, 4.69) is 5.32 Å². The molecule has 1 aliphatic heterocycles. The third-order valence-electron chi connectivity index (χ3n) is 3.87. The largest absolute Gasteiger partial charge is 0.466 e. The molecule has 1 aromatic carbocycles. The van der Waals surface area contributed by atoms with Crippen LogP contribution in [0.2, 0.25) is 10.0 Å². The highest BCUT2D eigenvalue weighted by Gasteiger charge is 2.36. The van der Waals surface area contributed by atoms with E-state index < -0.39 is 17.9 Å². The zero-order chi connectivity index (χ0) is 18.4. The van der Waals surface area contributed by atoms with E-state index >= 15 is 0 Å². The molecule has 0 radical (unpaired) electrons. The normalized spacial score (nSPS) is 17.2. The molecule has 2 rings (SSSR count). The molecule has 0 spiro atoms. The van der Waals surface area contributed by atoms with E-state index in [1.54, 1.807) is 6.07 Å². The highest BCUT2D eigenvalue weighted by molar-refractivity contribution is 6.36. The Hall–Kier alpha value is -1.79. The molecule has 136 valence electrons. The molecule has 1 heterocycles. The number of esters is 1. The van der Waals surface area contributed by atoms with Gasteiger partial charge in [0.1, 0.15) is 6.04 Å². The fourth-order valence-electron chi connectivity index (χ4n) is 2.53. The number of rotatable bonds is 6. The highest BCUT2D eigenvalue weighted by atomic mass is 35.5. The Labute approximate surface area is 156 Å². The van der Waals surface area contributed by atoms with Crippen molar-refractivity contribution in [1.82, 2.24) is 10.2 Å². The van der Waals surface area contributed by atoms with E-state index in [1.165, 1.54) is 17.0 Å². The maximum Gasteiger partial charge on any atom is 0.308 e. The van der Waals surface area contributed by atoms with Gasteiger partial charge in [0.2, 0.25) is 5.91 Å². The number of piperazine rings is 1. The maximum atomic E-state index is 12.8. The van der Waals surface area contributed by atoms with Crippen molar-refractivity contribution < 1.29 is 19.1 Å². The summed E-state index contributed by atoms with van der Waals surface area (Å²) in [6, 6.07) is 3.62. The van der Waals surface area contributed by atoms with Crippen molar-refractivity contribution in [2.24, 2.45) is 0 Å². The number of hydrogen-bond donors (Lipinski definition) is 1. The van der Waals surface area contributed by atoms with Crippen molar-refractivity contribution in [2.75, 3.05) is 19.7 Å². The van der Waals surface area contributed by atoms with Gasteiger partial charge in [-0.1, -0.05) is 36.5 Å². The Bertz CT molecular complexity index is 666. The van der Waals surface area contributed by atoms with Crippen LogP contribution < -0.4 is 5.32 Å². The van der Waals surface area contributed by atoms with Crippen molar-refractivity contribution in [3.05, 3.63) is 33.8 Å². The predicted molar refractivity (Wildman–Crippen MR) is 94.8 cm³/mol. The van der Waals surface area contributed by atoms with Gasteiger partial charge in [-0.15, -0.1) is 0 Å². The minimum absolute atomic E-state index is 0.188. The van der Waals surface area contributed by atoms with Gasteiger partial charge in [0.15, 0.2) is 0 Å². The molecule has 6 nitrogen and oxygen atoms in total. The summed E-state index contributed by atoms with van der Waals surface area (Å²) in [4.78, 5) is 38.3. The van der Waals surface area contributed by atoms with Crippen LogP contribution in [0.5, 0.6) is 0 Å². The van der Waals surface area contributed by atoms with E-state index in [0.29, 0.717) is 18.2 Å². The van der Waals surface area contributed by atoms with Crippen LogP contribution >= 0.6 is 23.2 Å². The number of nitrogens with one attached hydrogen (secondary N) is 1. The number of nitrogens with zero attached hydrogens (tertiary/aromatic N) is 1. The second kappa shape index (κ2) is 9.06. The van der Waals surface area contributed by atoms with Gasteiger partial charge in [-0.3, -0.25) is 14.4 Å². The van der Waals surface area contributed by atoms with Crippen molar-refractivity contribution in [1.29, 1.82) is 0 Å². The molecule has 1 saturated heterocycles. The van der Waals surface area contributed by atoms with Gasteiger partial charge in [0.25, 0.3) is 5.91 Å². The molecular formula is C17H20Cl2N2O4. The van der Waals surface area contributed by atoms with Crippen molar-refractivity contribution in [3.63, 3.8) is 0 Å². The summed E-state index contributed by atoms with van der Waals surface area (Å²) in [5.41, 5.74) is 0.241. The lowest BCUT2D eigenvalue weighted by Gasteiger charge is -2.34. The van der Waals surface area contributed by atoms with Gasteiger partial charge in [0.05, 0.1) is 23.6 Å². The van der Waals surface area contributed by atoms with Crippen molar-refractivity contribution >= 4 is 41.0 Å². The first-order valence-electron chi connectivity index (χ1n) is 8.13. The zero-order valence-corrected chi connectivity index (χ0v) is 15.4. The number of halogens is 2. The summed E-state index contributed by atoms with van der Waals surface area (Å²) in [6.07, 6.45) is 1.47. The smallest absolute Gasteiger partial charge is 0.308 e. The minimum Gasteiger partial charge on any atom is -0.466 e. The molecule has 0 unspecified atom stereocenters. The summed E-state index contributed by atoms with van der Waals surface area (Å²) in [6.45, 7) is 2.90. The predicted octanol–water partition coefficient (Wildman–Crippen LogP) is 2.67. The Morgan fingerprint density at radius 2 is 2.12 bits per heavy atom. The van der Waals surface area contributed by atoms with Crippen LogP contribution in [0.3, 0.4) is 0 Å². The quantitative estimate of drug-likeness (QED) is 0.602. The molecule has 1 fully saturated rings. The second-order valence-corrected chi connectivity index (χ2v) is 6.55. The summed E-state index contributed by atoms with van der Waals surface area (Å²) in [7, 11) is 0. The summed E-state index contributed by atoms with van der Waals surface area (Å²) >= 11 is 11.9. The second-order valence-electron chi connectivity index (χ2n) is 5.71. The van der Waals surface area contributed by atoms with Crippen LogP contribution in [-0.4, -0.2) is 48.4 Å². The first-order chi connectivity index (χ1) is 11.9. The van der Waals surface area contributed by atoms with E-state index in [1.807, 2.05) is 6.92 Å². The lowest BCUT2D eigenvalue weighted by molar-refractivity contribution is -0.147. The highest BCUT2D eigenvalue weighted by Crippen LogP contribution is 2.24. The number of carbonyl (C=O) groups is 3. The minimum atomic E-state index is -0.915. The molecule has 0 aliphatic carbocycles. The van der Waals surface area contributed by atoms with Gasteiger partial charge in [-0.25, -0.2) is 0 Å². The number of carbonyl (C=O) groups excluding carboxylic acids is 3. The monoisotopic (exact) mass is 386 g/mol. The summed E-state index contributed by atoms with van der Waals surface area (Å²) in [5, 5.41) is 3.28. The average molecular weight is 387 g/mol. The molecule has 1 N–H and O–H groups in total. The molecule has 1 atom stereocenters. The molecule has 0 aromatic heterocycles. The summed E-state index contributed by atoms with van der Waals surface area (Å²) in [5.74, 6) is -1.30.